The third kappa shape index (κ3) is 31.6. The van der Waals surface area contributed by atoms with Crippen molar-refractivity contribution >= 4 is 0 Å². The third-order valence-electron chi connectivity index (χ3n) is 5.83. The van der Waals surface area contributed by atoms with Gasteiger partial charge in [0, 0.05) is 0 Å². The molecular formula is C29H66F3N3. The second-order valence-electron chi connectivity index (χ2n) is 9.01. The van der Waals surface area contributed by atoms with Crippen LogP contribution in [0, 0.1) is 17.8 Å². The second-order valence-corrected chi connectivity index (χ2v) is 9.01. The first-order valence-corrected chi connectivity index (χ1v) is 14.8. The quantitative estimate of drug-likeness (QED) is 0.378. The summed E-state index contributed by atoms with van der Waals surface area (Å²) >= 11 is 0. The highest BCUT2D eigenvalue weighted by Gasteiger charge is 2.31. The predicted octanol–water partition coefficient (Wildman–Crippen LogP) is 8.74. The molecule has 3 nitrogen and oxygen atoms in total. The SMILES string of the molecule is CC.CC.CC.CC.CC1CCCNC1.CC1CCN(C)CC1.CC1CCN(CC(F)(F)F)CC1. The van der Waals surface area contributed by atoms with Crippen molar-refractivity contribution in [1.82, 2.24) is 15.1 Å². The zero-order valence-corrected chi connectivity index (χ0v) is 26.0. The normalized spacial score (nSPS) is 21.2. The molecule has 1 unspecified atom stereocenters. The van der Waals surface area contributed by atoms with Crippen molar-refractivity contribution in [1.29, 1.82) is 0 Å². The van der Waals surface area contributed by atoms with E-state index in [1.54, 1.807) is 0 Å². The van der Waals surface area contributed by atoms with Crippen LogP contribution in [0.4, 0.5) is 13.2 Å². The molecule has 35 heavy (non-hydrogen) atoms. The van der Waals surface area contributed by atoms with Gasteiger partial charge in [-0.25, -0.2) is 0 Å². The van der Waals surface area contributed by atoms with Gasteiger partial charge in [0.05, 0.1) is 6.54 Å². The van der Waals surface area contributed by atoms with E-state index in [4.69, 9.17) is 0 Å². The monoisotopic (exact) mass is 514 g/mol. The lowest BCUT2D eigenvalue weighted by Gasteiger charge is -2.30. The highest BCUT2D eigenvalue weighted by atomic mass is 19.4. The Labute approximate surface area is 220 Å². The van der Waals surface area contributed by atoms with Crippen LogP contribution in [0.15, 0.2) is 0 Å². The molecule has 3 fully saturated rings. The molecule has 3 saturated heterocycles. The maximum atomic E-state index is 11.9. The third-order valence-corrected chi connectivity index (χ3v) is 5.83. The Kier molecular flexibility index (Phi) is 35.7. The van der Waals surface area contributed by atoms with Crippen molar-refractivity contribution in [3.63, 3.8) is 0 Å². The Morgan fingerprint density at radius 3 is 1.31 bits per heavy atom. The van der Waals surface area contributed by atoms with Crippen molar-refractivity contribution in [2.24, 2.45) is 17.8 Å². The number of halogens is 3. The number of hydrogen-bond acceptors (Lipinski definition) is 3. The van der Waals surface area contributed by atoms with E-state index in [2.05, 4.69) is 38.0 Å². The molecule has 6 heteroatoms. The maximum absolute atomic E-state index is 11.9. The van der Waals surface area contributed by atoms with Crippen LogP contribution in [0.25, 0.3) is 0 Å². The molecule has 0 amide bonds. The zero-order valence-electron chi connectivity index (χ0n) is 26.0. The van der Waals surface area contributed by atoms with Crippen LogP contribution in [0.2, 0.25) is 0 Å². The van der Waals surface area contributed by atoms with Crippen LogP contribution in [-0.4, -0.2) is 68.8 Å². The standard InChI is InChI=1S/C8H14F3N.C7H15N.C6H13N.4C2H6/c1-7-2-4-12(5-3-7)6-8(9,10)11;1-7-3-5-8(2)6-4-7;1-6-3-2-4-7-5-6;4*1-2/h7H,2-6H2,1H3;7H,3-6H2,1-2H3;6-7H,2-5H2,1H3;4*1-2H3. The van der Waals surface area contributed by atoms with Crippen LogP contribution in [0.5, 0.6) is 0 Å². The molecule has 3 heterocycles. The predicted molar refractivity (Wildman–Crippen MR) is 153 cm³/mol. The van der Waals surface area contributed by atoms with E-state index in [9.17, 15) is 13.2 Å². The fraction of sp³-hybridized carbons (Fsp3) is 1.00. The first-order chi connectivity index (χ1) is 16.7. The minimum absolute atomic E-state index is 0.592. The summed E-state index contributed by atoms with van der Waals surface area (Å²) < 4.78 is 35.7. The van der Waals surface area contributed by atoms with Crippen LogP contribution in [0.1, 0.15) is 115 Å². The number of rotatable bonds is 1. The summed E-state index contributed by atoms with van der Waals surface area (Å²) in [6.45, 7) is 28.3. The van der Waals surface area contributed by atoms with Gasteiger partial charge in [-0.2, -0.15) is 13.2 Å². The lowest BCUT2D eigenvalue weighted by Crippen LogP contribution is -2.39. The first-order valence-electron chi connectivity index (χ1n) is 14.8. The zero-order chi connectivity index (χ0) is 28.3. The van der Waals surface area contributed by atoms with Gasteiger partial charge in [0.15, 0.2) is 0 Å². The van der Waals surface area contributed by atoms with Gasteiger partial charge >= 0.3 is 6.18 Å². The lowest BCUT2D eigenvalue weighted by atomic mass is 9.99. The fourth-order valence-corrected chi connectivity index (χ4v) is 3.64. The molecule has 0 aromatic carbocycles. The van der Waals surface area contributed by atoms with E-state index in [0.29, 0.717) is 19.0 Å². The minimum atomic E-state index is -4.03. The number of nitrogens with one attached hydrogen (secondary N) is 1. The molecule has 1 N–H and O–H groups in total. The summed E-state index contributed by atoms with van der Waals surface area (Å²) in [6, 6.07) is 0. The summed E-state index contributed by atoms with van der Waals surface area (Å²) in [5.41, 5.74) is 0. The number of alkyl halides is 3. The van der Waals surface area contributed by atoms with E-state index in [1.165, 1.54) is 56.8 Å². The number of likely N-dealkylation sites (tertiary alicyclic amines) is 2. The average molecular weight is 514 g/mol. The van der Waals surface area contributed by atoms with E-state index in [0.717, 1.165) is 24.7 Å². The Bertz CT molecular complexity index is 347. The molecule has 0 radical (unpaired) electrons. The van der Waals surface area contributed by atoms with Gasteiger partial charge in [-0.1, -0.05) is 76.2 Å². The van der Waals surface area contributed by atoms with Gasteiger partial charge in [0.1, 0.15) is 0 Å². The van der Waals surface area contributed by atoms with E-state index >= 15 is 0 Å². The summed E-state index contributed by atoms with van der Waals surface area (Å²) in [7, 11) is 2.20. The fourth-order valence-electron chi connectivity index (χ4n) is 3.64. The van der Waals surface area contributed by atoms with Gasteiger partial charge < -0.3 is 10.2 Å². The summed E-state index contributed by atoms with van der Waals surface area (Å²) in [6.07, 6.45) is 3.37. The van der Waals surface area contributed by atoms with Crippen molar-refractivity contribution < 1.29 is 13.2 Å². The molecule has 0 aromatic rings. The van der Waals surface area contributed by atoms with E-state index in [1.807, 2.05) is 55.4 Å². The molecule has 0 spiro atoms. The van der Waals surface area contributed by atoms with Crippen LogP contribution < -0.4 is 5.32 Å². The van der Waals surface area contributed by atoms with Gasteiger partial charge in [-0.3, -0.25) is 4.90 Å². The van der Waals surface area contributed by atoms with Crippen molar-refractivity contribution in [2.75, 3.05) is 52.9 Å². The van der Waals surface area contributed by atoms with Gasteiger partial charge in [-0.15, -0.1) is 0 Å². The average Bonchev–Trinajstić information content (AvgIpc) is 2.88. The van der Waals surface area contributed by atoms with E-state index < -0.39 is 12.7 Å². The van der Waals surface area contributed by atoms with Crippen LogP contribution >= 0.6 is 0 Å². The Morgan fingerprint density at radius 2 is 1.06 bits per heavy atom. The highest BCUT2D eigenvalue weighted by Crippen LogP contribution is 2.21. The molecule has 0 aromatic heterocycles. The molecule has 0 bridgehead atoms. The number of piperidine rings is 3. The highest BCUT2D eigenvalue weighted by molar-refractivity contribution is 4.71. The number of nitrogens with zero attached hydrogens (tertiary/aromatic N) is 2. The van der Waals surface area contributed by atoms with E-state index in [-0.39, 0.29) is 0 Å². The first kappa shape index (κ1) is 41.8. The largest absolute Gasteiger partial charge is 0.401 e. The Balaban J connectivity index is -0.000000184. The molecule has 3 rings (SSSR count). The molecule has 218 valence electrons. The maximum Gasteiger partial charge on any atom is 0.401 e. The summed E-state index contributed by atoms with van der Waals surface area (Å²) in [5, 5.41) is 3.33. The van der Waals surface area contributed by atoms with Crippen LogP contribution in [0.3, 0.4) is 0 Å². The summed E-state index contributed by atoms with van der Waals surface area (Å²) in [5.74, 6) is 2.49. The minimum Gasteiger partial charge on any atom is -0.316 e. The summed E-state index contributed by atoms with van der Waals surface area (Å²) in [4.78, 5) is 3.89. The Morgan fingerprint density at radius 1 is 0.657 bits per heavy atom. The van der Waals surface area contributed by atoms with Crippen molar-refractivity contribution in [3.05, 3.63) is 0 Å². The molecule has 0 saturated carbocycles. The topological polar surface area (TPSA) is 18.5 Å². The Hall–Kier alpha value is -0.330. The molecular weight excluding hydrogens is 447 g/mol. The van der Waals surface area contributed by atoms with Gasteiger partial charge in [0.25, 0.3) is 0 Å². The lowest BCUT2D eigenvalue weighted by molar-refractivity contribution is -0.148. The van der Waals surface area contributed by atoms with Crippen molar-refractivity contribution in [3.8, 4) is 0 Å². The smallest absolute Gasteiger partial charge is 0.316 e. The van der Waals surface area contributed by atoms with Crippen molar-refractivity contribution in [2.45, 2.75) is 121 Å². The molecule has 3 aliphatic rings. The van der Waals surface area contributed by atoms with Gasteiger partial charge in [0.2, 0.25) is 0 Å². The molecule has 3 aliphatic heterocycles. The van der Waals surface area contributed by atoms with Gasteiger partial charge in [-0.05, 0) is 103 Å². The molecule has 1 atom stereocenters. The second kappa shape index (κ2) is 29.9. The number of hydrogen-bond donors (Lipinski definition) is 1. The molecule has 0 aliphatic carbocycles. The van der Waals surface area contributed by atoms with Crippen LogP contribution in [-0.2, 0) is 0 Å².